The van der Waals surface area contributed by atoms with Gasteiger partial charge >= 0.3 is 0 Å². The van der Waals surface area contributed by atoms with E-state index in [1.807, 2.05) is 0 Å². The highest BCUT2D eigenvalue weighted by Crippen LogP contribution is 2.14. The summed E-state index contributed by atoms with van der Waals surface area (Å²) in [5.41, 5.74) is 0.257. The Morgan fingerprint density at radius 2 is 2.07 bits per heavy atom. The van der Waals surface area contributed by atoms with Crippen LogP contribution < -0.4 is 0 Å². The van der Waals surface area contributed by atoms with Crippen LogP contribution in [0.2, 0.25) is 0 Å². The zero-order chi connectivity index (χ0) is 10.7. The van der Waals surface area contributed by atoms with E-state index in [9.17, 15) is 13.6 Å². The van der Waals surface area contributed by atoms with E-state index in [0.717, 1.165) is 18.2 Å². The van der Waals surface area contributed by atoms with E-state index < -0.39 is 11.6 Å². The largest absolute Gasteiger partial charge is 0.300 e. The van der Waals surface area contributed by atoms with Crippen molar-refractivity contribution in [1.29, 1.82) is 0 Å². The lowest BCUT2D eigenvalue weighted by Crippen LogP contribution is -2.10. The molecule has 0 aromatic heterocycles. The van der Waals surface area contributed by atoms with Crippen molar-refractivity contribution in [2.75, 3.05) is 0 Å². The molecular formula is C11H12F2O. The van der Waals surface area contributed by atoms with E-state index in [2.05, 4.69) is 0 Å². The van der Waals surface area contributed by atoms with Crippen LogP contribution in [-0.2, 0) is 11.2 Å². The summed E-state index contributed by atoms with van der Waals surface area (Å²) in [6.45, 7) is 3.15. The van der Waals surface area contributed by atoms with Crippen molar-refractivity contribution in [3.8, 4) is 0 Å². The van der Waals surface area contributed by atoms with Crippen LogP contribution in [0.4, 0.5) is 8.78 Å². The molecule has 14 heavy (non-hydrogen) atoms. The molecule has 0 amide bonds. The normalized spacial score (nSPS) is 12.6. The number of hydrogen-bond acceptors (Lipinski definition) is 1. The molecule has 1 rings (SSSR count). The second-order valence-electron chi connectivity index (χ2n) is 3.45. The van der Waals surface area contributed by atoms with Gasteiger partial charge in [0, 0.05) is 5.92 Å². The molecular weight excluding hydrogens is 186 g/mol. The fourth-order valence-electron chi connectivity index (χ4n) is 1.17. The topological polar surface area (TPSA) is 17.1 Å². The number of carbonyl (C=O) groups is 1. The quantitative estimate of drug-likeness (QED) is 0.729. The van der Waals surface area contributed by atoms with Gasteiger partial charge in [-0.1, -0.05) is 6.92 Å². The molecule has 0 bridgehead atoms. The van der Waals surface area contributed by atoms with Crippen LogP contribution in [0.15, 0.2) is 18.2 Å². The molecule has 1 aromatic rings. The van der Waals surface area contributed by atoms with Gasteiger partial charge in [0.05, 0.1) is 0 Å². The minimum Gasteiger partial charge on any atom is -0.300 e. The number of Topliss-reactive ketones (excluding diaryl/α,β-unsaturated/α-hetero) is 1. The van der Waals surface area contributed by atoms with Crippen LogP contribution in [0.5, 0.6) is 0 Å². The molecule has 1 unspecified atom stereocenters. The molecule has 76 valence electrons. The Kier molecular flexibility index (Phi) is 3.33. The molecule has 3 heteroatoms. The second kappa shape index (κ2) is 4.31. The van der Waals surface area contributed by atoms with Gasteiger partial charge in [-0.05, 0) is 37.1 Å². The lowest BCUT2D eigenvalue weighted by atomic mass is 9.97. The summed E-state index contributed by atoms with van der Waals surface area (Å²) in [6, 6.07) is 3.28. The highest BCUT2D eigenvalue weighted by Gasteiger charge is 2.12. The van der Waals surface area contributed by atoms with Crippen LogP contribution in [0.1, 0.15) is 19.4 Å². The SMILES string of the molecule is CC(=O)C(C)Cc1cc(F)ccc1F. The monoisotopic (exact) mass is 198 g/mol. The molecule has 1 aromatic carbocycles. The molecule has 0 aliphatic carbocycles. The number of carbonyl (C=O) groups excluding carboxylic acids is 1. The average molecular weight is 198 g/mol. The fourth-order valence-corrected chi connectivity index (χ4v) is 1.17. The molecule has 0 saturated heterocycles. The lowest BCUT2D eigenvalue weighted by molar-refractivity contribution is -0.120. The van der Waals surface area contributed by atoms with Crippen molar-refractivity contribution in [2.24, 2.45) is 5.92 Å². The minimum atomic E-state index is -0.475. The molecule has 0 fully saturated rings. The van der Waals surface area contributed by atoms with Gasteiger partial charge < -0.3 is 0 Å². The number of ketones is 1. The van der Waals surface area contributed by atoms with Gasteiger partial charge in [0.15, 0.2) is 0 Å². The molecule has 0 aliphatic rings. The lowest BCUT2D eigenvalue weighted by Gasteiger charge is -2.08. The van der Waals surface area contributed by atoms with Crippen molar-refractivity contribution in [1.82, 2.24) is 0 Å². The van der Waals surface area contributed by atoms with E-state index in [1.54, 1.807) is 6.92 Å². The van der Waals surface area contributed by atoms with Gasteiger partial charge in [-0.15, -0.1) is 0 Å². The van der Waals surface area contributed by atoms with Crippen LogP contribution in [-0.4, -0.2) is 5.78 Å². The van der Waals surface area contributed by atoms with E-state index >= 15 is 0 Å². The summed E-state index contributed by atoms with van der Waals surface area (Å²) in [4.78, 5) is 10.9. The van der Waals surface area contributed by atoms with Crippen molar-refractivity contribution in [3.05, 3.63) is 35.4 Å². The van der Waals surface area contributed by atoms with Crippen molar-refractivity contribution >= 4 is 5.78 Å². The second-order valence-corrected chi connectivity index (χ2v) is 3.45. The van der Waals surface area contributed by atoms with E-state index in [4.69, 9.17) is 0 Å². The zero-order valence-electron chi connectivity index (χ0n) is 8.18. The van der Waals surface area contributed by atoms with Crippen LogP contribution in [0, 0.1) is 17.6 Å². The van der Waals surface area contributed by atoms with Gasteiger partial charge in [-0.25, -0.2) is 8.78 Å². The standard InChI is InChI=1S/C11H12F2O/c1-7(8(2)14)5-9-6-10(12)3-4-11(9)13/h3-4,6-7H,5H2,1-2H3. The molecule has 0 saturated carbocycles. The highest BCUT2D eigenvalue weighted by atomic mass is 19.1. The van der Waals surface area contributed by atoms with Gasteiger partial charge in [-0.2, -0.15) is 0 Å². The molecule has 0 heterocycles. The smallest absolute Gasteiger partial charge is 0.132 e. The number of benzene rings is 1. The third-order valence-corrected chi connectivity index (χ3v) is 2.23. The van der Waals surface area contributed by atoms with Crippen molar-refractivity contribution in [2.45, 2.75) is 20.3 Å². The minimum absolute atomic E-state index is 0.0198. The first-order chi connectivity index (χ1) is 6.50. The van der Waals surface area contributed by atoms with Crippen molar-refractivity contribution in [3.63, 3.8) is 0 Å². The Bertz CT molecular complexity index is 347. The number of hydrogen-bond donors (Lipinski definition) is 0. The maximum Gasteiger partial charge on any atom is 0.132 e. The molecule has 1 atom stereocenters. The summed E-state index contributed by atoms with van der Waals surface area (Å²) < 4.78 is 25.9. The number of halogens is 2. The summed E-state index contributed by atoms with van der Waals surface area (Å²) in [7, 11) is 0. The Hall–Kier alpha value is -1.25. The fraction of sp³-hybridized carbons (Fsp3) is 0.364. The summed E-state index contributed by atoms with van der Waals surface area (Å²) in [5.74, 6) is -1.23. The first kappa shape index (κ1) is 10.8. The van der Waals surface area contributed by atoms with Crippen molar-refractivity contribution < 1.29 is 13.6 Å². The zero-order valence-corrected chi connectivity index (χ0v) is 8.18. The molecule has 1 nitrogen and oxygen atoms in total. The Morgan fingerprint density at radius 1 is 1.43 bits per heavy atom. The Labute approximate surface area is 81.7 Å². The third-order valence-electron chi connectivity index (χ3n) is 2.23. The molecule has 0 spiro atoms. The number of rotatable bonds is 3. The summed E-state index contributed by atoms with van der Waals surface area (Å²) >= 11 is 0. The van der Waals surface area contributed by atoms with Gasteiger partial charge in [0.1, 0.15) is 17.4 Å². The average Bonchev–Trinajstić information content (AvgIpc) is 2.11. The summed E-state index contributed by atoms with van der Waals surface area (Å²) in [5, 5.41) is 0. The third kappa shape index (κ3) is 2.62. The van der Waals surface area contributed by atoms with E-state index in [1.165, 1.54) is 6.92 Å². The van der Waals surface area contributed by atoms with Gasteiger partial charge in [0.25, 0.3) is 0 Å². The Morgan fingerprint density at radius 3 is 2.64 bits per heavy atom. The van der Waals surface area contributed by atoms with E-state index in [0.29, 0.717) is 0 Å². The van der Waals surface area contributed by atoms with Crippen LogP contribution in [0.3, 0.4) is 0 Å². The van der Waals surface area contributed by atoms with Crippen LogP contribution in [0.25, 0.3) is 0 Å². The predicted octanol–water partition coefficient (Wildman–Crippen LogP) is 2.73. The van der Waals surface area contributed by atoms with Gasteiger partial charge in [-0.3, -0.25) is 4.79 Å². The first-order valence-corrected chi connectivity index (χ1v) is 4.45. The predicted molar refractivity (Wildman–Crippen MR) is 49.9 cm³/mol. The maximum atomic E-state index is 13.1. The summed E-state index contributed by atoms with van der Waals surface area (Å²) in [6.07, 6.45) is 0.249. The van der Waals surface area contributed by atoms with Gasteiger partial charge in [0.2, 0.25) is 0 Å². The molecule has 0 aliphatic heterocycles. The van der Waals surface area contributed by atoms with E-state index in [-0.39, 0.29) is 23.7 Å². The van der Waals surface area contributed by atoms with Crippen LogP contribution >= 0.6 is 0 Å². The highest BCUT2D eigenvalue weighted by molar-refractivity contribution is 5.78. The Balaban J connectivity index is 2.85. The maximum absolute atomic E-state index is 13.1. The molecule has 0 N–H and O–H groups in total. The molecule has 0 radical (unpaired) electrons. The first-order valence-electron chi connectivity index (χ1n) is 4.45.